The summed E-state index contributed by atoms with van der Waals surface area (Å²) in [5.74, 6) is 1.75. The zero-order valence-electron chi connectivity index (χ0n) is 8.75. The van der Waals surface area contributed by atoms with Crippen LogP contribution in [0.4, 0.5) is 0 Å². The van der Waals surface area contributed by atoms with E-state index in [1.54, 1.807) is 0 Å². The lowest BCUT2D eigenvalue weighted by Gasteiger charge is -1.89. The highest BCUT2D eigenvalue weighted by Crippen LogP contribution is 2.17. The van der Waals surface area contributed by atoms with Crippen molar-refractivity contribution in [3.05, 3.63) is 30.3 Å². The summed E-state index contributed by atoms with van der Waals surface area (Å²) in [6, 6.07) is 6.21. The normalized spacial score (nSPS) is 10.3. The largest absolute Gasteiger partial charge is 0.355 e. The maximum absolute atomic E-state index is 4.02. The number of benzene rings is 1. The van der Waals surface area contributed by atoms with Crippen LogP contribution in [0.2, 0.25) is 0 Å². The molecule has 0 unspecified atom stereocenters. The molecule has 0 radical (unpaired) electrons. The monoisotopic (exact) mass is 207 g/mol. The van der Waals surface area contributed by atoms with Gasteiger partial charge in [-0.1, -0.05) is 26.5 Å². The first-order valence-electron chi connectivity index (χ1n) is 4.81. The highest BCUT2D eigenvalue weighted by atomic mass is 32.1. The molecule has 2 heteroatoms. The number of rotatable bonds is 2. The van der Waals surface area contributed by atoms with E-state index in [2.05, 4.69) is 56.2 Å². The topological polar surface area (TPSA) is 15.8 Å². The molecule has 0 aromatic carbocycles. The Morgan fingerprint density at radius 1 is 1.50 bits per heavy atom. The Labute approximate surface area is 91.0 Å². The third-order valence-electron chi connectivity index (χ3n) is 1.92. The third kappa shape index (κ3) is 2.81. The summed E-state index contributed by atoms with van der Waals surface area (Å²) in [5, 5.41) is 0. The fraction of sp³-hybridized carbons (Fsp3) is 0.333. The molecule has 0 saturated heterocycles. The molecule has 2 heterocycles. The van der Waals surface area contributed by atoms with Gasteiger partial charge in [0.25, 0.3) is 0 Å². The smallest absolute Gasteiger partial charge is 0.0459 e. The zero-order valence-corrected chi connectivity index (χ0v) is 9.64. The second-order valence-corrected chi connectivity index (χ2v) is 4.07. The molecule has 2 aromatic rings. The standard InChI is InChI=1S/C8H7N.C4H10S/c1-2-6-5-7-3-4-8(6)9-7;1-4(2)3-5/h2-5,9H,1H2;4-5H,3H2,1-2H3. The Morgan fingerprint density at radius 2 is 2.14 bits per heavy atom. The van der Waals surface area contributed by atoms with Gasteiger partial charge in [0.05, 0.1) is 0 Å². The summed E-state index contributed by atoms with van der Waals surface area (Å²) in [5.41, 5.74) is 3.56. The molecule has 0 aliphatic rings. The van der Waals surface area contributed by atoms with E-state index >= 15 is 0 Å². The molecular weight excluding hydrogens is 190 g/mol. The summed E-state index contributed by atoms with van der Waals surface area (Å²) in [4.78, 5) is 3.19. The second-order valence-electron chi connectivity index (χ2n) is 3.71. The average molecular weight is 207 g/mol. The maximum atomic E-state index is 4.02. The van der Waals surface area contributed by atoms with E-state index in [1.165, 1.54) is 16.6 Å². The molecule has 0 amide bonds. The van der Waals surface area contributed by atoms with E-state index in [-0.39, 0.29) is 0 Å². The molecule has 0 aliphatic heterocycles. The van der Waals surface area contributed by atoms with Gasteiger partial charge in [0.1, 0.15) is 0 Å². The molecule has 14 heavy (non-hydrogen) atoms. The van der Waals surface area contributed by atoms with Gasteiger partial charge < -0.3 is 4.98 Å². The molecule has 1 nitrogen and oxygen atoms in total. The summed E-state index contributed by atoms with van der Waals surface area (Å²) >= 11 is 4.02. The van der Waals surface area contributed by atoms with Crippen molar-refractivity contribution in [1.29, 1.82) is 0 Å². The number of hydrogen-bond acceptors (Lipinski definition) is 1. The van der Waals surface area contributed by atoms with Gasteiger partial charge in [-0.05, 0) is 35.4 Å². The molecule has 1 N–H and O–H groups in total. The average Bonchev–Trinajstić information content (AvgIpc) is 2.79. The Kier molecular flexibility index (Phi) is 4.08. The van der Waals surface area contributed by atoms with Gasteiger partial charge in [-0.3, -0.25) is 0 Å². The van der Waals surface area contributed by atoms with Crippen molar-refractivity contribution in [3.8, 4) is 0 Å². The first-order chi connectivity index (χ1) is 6.67. The summed E-state index contributed by atoms with van der Waals surface area (Å²) in [7, 11) is 0. The third-order valence-corrected chi connectivity index (χ3v) is 2.65. The fourth-order valence-corrected chi connectivity index (χ4v) is 1.08. The second kappa shape index (κ2) is 5.11. The van der Waals surface area contributed by atoms with Gasteiger partial charge in [-0.2, -0.15) is 12.6 Å². The van der Waals surface area contributed by atoms with Crippen molar-refractivity contribution < 1.29 is 0 Å². The molecule has 0 saturated carbocycles. The van der Waals surface area contributed by atoms with Gasteiger partial charge in [-0.15, -0.1) is 0 Å². The zero-order chi connectivity index (χ0) is 10.6. The molecule has 0 aliphatic carbocycles. The van der Waals surface area contributed by atoms with Crippen LogP contribution in [0, 0.1) is 5.92 Å². The number of H-pyrrole nitrogens is 1. The van der Waals surface area contributed by atoms with Crippen LogP contribution in [0.25, 0.3) is 17.1 Å². The number of aromatic nitrogens is 1. The lowest BCUT2D eigenvalue weighted by Crippen LogP contribution is -1.83. The number of aromatic amines is 1. The van der Waals surface area contributed by atoms with E-state index in [9.17, 15) is 0 Å². The van der Waals surface area contributed by atoms with Crippen molar-refractivity contribution in [3.63, 3.8) is 0 Å². The molecule has 2 aromatic heterocycles. The Hall–Kier alpha value is -0.890. The van der Waals surface area contributed by atoms with Gasteiger partial charge in [0.2, 0.25) is 0 Å². The van der Waals surface area contributed by atoms with Crippen LogP contribution in [0.1, 0.15) is 19.4 Å². The van der Waals surface area contributed by atoms with Gasteiger partial charge in [-0.25, -0.2) is 0 Å². The minimum Gasteiger partial charge on any atom is -0.355 e. The molecule has 2 rings (SSSR count). The van der Waals surface area contributed by atoms with Crippen molar-refractivity contribution in [2.45, 2.75) is 13.8 Å². The van der Waals surface area contributed by atoms with Crippen LogP contribution in [-0.2, 0) is 0 Å². The highest BCUT2D eigenvalue weighted by Gasteiger charge is 1.97. The van der Waals surface area contributed by atoms with Crippen LogP contribution in [-0.4, -0.2) is 10.7 Å². The van der Waals surface area contributed by atoms with Crippen molar-refractivity contribution >= 4 is 29.7 Å². The molecule has 2 bridgehead atoms. The molecule has 0 spiro atoms. The van der Waals surface area contributed by atoms with Crippen molar-refractivity contribution in [1.82, 2.24) is 4.98 Å². The predicted octanol–water partition coefficient (Wildman–Crippen LogP) is 3.82. The van der Waals surface area contributed by atoms with Crippen LogP contribution in [0.3, 0.4) is 0 Å². The summed E-state index contributed by atoms with van der Waals surface area (Å²) in [6.45, 7) is 7.98. The van der Waals surface area contributed by atoms with Crippen LogP contribution >= 0.6 is 12.6 Å². The lowest BCUT2D eigenvalue weighted by molar-refractivity contribution is 0.753. The van der Waals surface area contributed by atoms with Crippen LogP contribution < -0.4 is 0 Å². The number of fused-ring (bicyclic) bond motifs is 2. The SMILES string of the molecule is C=Cc1cc2ccc1[nH]2.CC(C)CS. The fourth-order valence-electron chi connectivity index (χ4n) is 1.08. The molecule has 76 valence electrons. The van der Waals surface area contributed by atoms with Gasteiger partial charge in [0.15, 0.2) is 0 Å². The van der Waals surface area contributed by atoms with Crippen molar-refractivity contribution in [2.24, 2.45) is 5.92 Å². The minimum atomic E-state index is 0.748. The highest BCUT2D eigenvalue weighted by molar-refractivity contribution is 7.80. The van der Waals surface area contributed by atoms with E-state index in [1.807, 2.05) is 6.08 Å². The number of nitrogens with one attached hydrogen (secondary N) is 1. The number of hydrogen-bond donors (Lipinski definition) is 2. The molecular formula is C12H17NS. The van der Waals surface area contributed by atoms with E-state index in [0.717, 1.165) is 11.7 Å². The van der Waals surface area contributed by atoms with E-state index in [0.29, 0.717) is 0 Å². The summed E-state index contributed by atoms with van der Waals surface area (Å²) in [6.07, 6.45) is 1.86. The maximum Gasteiger partial charge on any atom is 0.0459 e. The molecule has 0 fully saturated rings. The Balaban J connectivity index is 0.000000171. The number of thiol groups is 1. The minimum absolute atomic E-state index is 0.748. The summed E-state index contributed by atoms with van der Waals surface area (Å²) < 4.78 is 0. The van der Waals surface area contributed by atoms with Crippen LogP contribution in [0.15, 0.2) is 24.8 Å². The van der Waals surface area contributed by atoms with Crippen LogP contribution in [0.5, 0.6) is 0 Å². The van der Waals surface area contributed by atoms with Crippen molar-refractivity contribution in [2.75, 3.05) is 5.75 Å². The van der Waals surface area contributed by atoms with Gasteiger partial charge in [0, 0.05) is 11.0 Å². The first-order valence-corrected chi connectivity index (χ1v) is 5.45. The van der Waals surface area contributed by atoms with E-state index < -0.39 is 0 Å². The predicted molar refractivity (Wildman–Crippen MR) is 68.3 cm³/mol. The Bertz CT molecular complexity index is 375. The van der Waals surface area contributed by atoms with Gasteiger partial charge >= 0.3 is 0 Å². The Morgan fingerprint density at radius 3 is 2.36 bits per heavy atom. The lowest BCUT2D eigenvalue weighted by atomic mass is 10.2. The quantitative estimate of drug-likeness (QED) is 0.696. The van der Waals surface area contributed by atoms with E-state index in [4.69, 9.17) is 0 Å². The first kappa shape index (κ1) is 11.2. The molecule has 0 atom stereocenters.